The minimum Gasteiger partial charge on any atom is -0.462 e. The quantitative estimate of drug-likeness (QED) is 0.300. The van der Waals surface area contributed by atoms with Crippen LogP contribution >= 0.6 is 0 Å². The molecule has 0 radical (unpaired) electrons. The third-order valence-electron chi connectivity index (χ3n) is 2.80. The van der Waals surface area contributed by atoms with Gasteiger partial charge in [-0.25, -0.2) is 0 Å². The molecule has 2 nitrogen and oxygen atoms in total. The van der Waals surface area contributed by atoms with E-state index in [1.807, 2.05) is 13.0 Å². The molecule has 0 aromatic carbocycles. The second-order valence-electron chi connectivity index (χ2n) is 4.60. The second kappa shape index (κ2) is 12.4. The number of rotatable bonds is 11. The zero-order valence-electron chi connectivity index (χ0n) is 12.0. The van der Waals surface area contributed by atoms with Crippen molar-refractivity contribution in [3.63, 3.8) is 0 Å². The zero-order valence-corrected chi connectivity index (χ0v) is 12.0. The summed E-state index contributed by atoms with van der Waals surface area (Å²) in [5.41, 5.74) is 0. The summed E-state index contributed by atoms with van der Waals surface area (Å²) in [7, 11) is 0. The van der Waals surface area contributed by atoms with Crippen LogP contribution in [-0.4, -0.2) is 12.1 Å². The van der Waals surface area contributed by atoms with Crippen LogP contribution < -0.4 is 0 Å². The predicted octanol–water partition coefficient (Wildman–Crippen LogP) is 4.80. The van der Waals surface area contributed by atoms with Gasteiger partial charge in [0.2, 0.25) is 0 Å². The summed E-state index contributed by atoms with van der Waals surface area (Å²) in [6.45, 7) is 7.80. The fraction of sp³-hybridized carbons (Fsp3) is 0.688. The topological polar surface area (TPSA) is 26.3 Å². The van der Waals surface area contributed by atoms with E-state index in [0.717, 1.165) is 44.9 Å². The molecule has 104 valence electrons. The van der Waals surface area contributed by atoms with E-state index in [2.05, 4.69) is 19.6 Å². The molecule has 0 N–H and O–H groups in total. The number of carbonyl (C=O) groups excluding carboxylic acids is 1. The summed E-state index contributed by atoms with van der Waals surface area (Å²) in [5.74, 6) is -0.0414. The van der Waals surface area contributed by atoms with Gasteiger partial charge >= 0.3 is 5.97 Å². The molecule has 0 bridgehead atoms. The molecule has 0 aliphatic heterocycles. The van der Waals surface area contributed by atoms with E-state index >= 15 is 0 Å². The van der Waals surface area contributed by atoms with Gasteiger partial charge in [-0.2, -0.15) is 0 Å². The zero-order chi connectivity index (χ0) is 13.6. The van der Waals surface area contributed by atoms with Crippen molar-refractivity contribution in [2.75, 3.05) is 0 Å². The molecule has 0 aliphatic rings. The SMILES string of the molecule is C=CC=CCCCC(CCCC)OC(=O)CCC. The molecule has 0 rings (SSSR count). The number of ether oxygens (including phenoxy) is 1. The highest BCUT2D eigenvalue weighted by Crippen LogP contribution is 2.14. The Bertz CT molecular complexity index is 243. The molecule has 0 aromatic heterocycles. The first-order valence-corrected chi connectivity index (χ1v) is 7.21. The van der Waals surface area contributed by atoms with Gasteiger partial charge in [-0.05, 0) is 32.1 Å². The highest BCUT2D eigenvalue weighted by molar-refractivity contribution is 5.69. The number of hydrogen-bond donors (Lipinski definition) is 0. The van der Waals surface area contributed by atoms with Crippen molar-refractivity contribution in [1.29, 1.82) is 0 Å². The number of hydrogen-bond acceptors (Lipinski definition) is 2. The first-order valence-electron chi connectivity index (χ1n) is 7.21. The fourth-order valence-electron chi connectivity index (χ4n) is 1.80. The molecule has 0 fully saturated rings. The summed E-state index contributed by atoms with van der Waals surface area (Å²) >= 11 is 0. The van der Waals surface area contributed by atoms with Crippen LogP contribution in [0.25, 0.3) is 0 Å². The molecule has 0 saturated carbocycles. The lowest BCUT2D eigenvalue weighted by Gasteiger charge is -2.17. The maximum absolute atomic E-state index is 11.5. The number of allylic oxidation sites excluding steroid dienone is 3. The van der Waals surface area contributed by atoms with Crippen LogP contribution in [0, 0.1) is 0 Å². The van der Waals surface area contributed by atoms with Crippen LogP contribution in [0.5, 0.6) is 0 Å². The first kappa shape index (κ1) is 16.9. The number of carbonyl (C=O) groups is 1. The molecule has 1 atom stereocenters. The maximum Gasteiger partial charge on any atom is 0.306 e. The Morgan fingerprint density at radius 3 is 2.56 bits per heavy atom. The van der Waals surface area contributed by atoms with Crippen molar-refractivity contribution < 1.29 is 9.53 Å². The lowest BCUT2D eigenvalue weighted by molar-refractivity contribution is -0.149. The van der Waals surface area contributed by atoms with Gasteiger partial charge in [-0.15, -0.1) is 0 Å². The highest BCUT2D eigenvalue weighted by Gasteiger charge is 2.12. The lowest BCUT2D eigenvalue weighted by atomic mass is 10.1. The van der Waals surface area contributed by atoms with Crippen molar-refractivity contribution >= 4 is 5.97 Å². The number of esters is 1. The summed E-state index contributed by atoms with van der Waals surface area (Å²) < 4.78 is 5.52. The summed E-state index contributed by atoms with van der Waals surface area (Å²) in [6, 6.07) is 0. The first-order chi connectivity index (χ1) is 8.74. The molecular formula is C16H28O2. The van der Waals surface area contributed by atoms with Crippen LogP contribution in [-0.2, 0) is 9.53 Å². The van der Waals surface area contributed by atoms with E-state index in [0.29, 0.717) is 6.42 Å². The van der Waals surface area contributed by atoms with Gasteiger partial charge in [-0.3, -0.25) is 4.79 Å². The highest BCUT2D eigenvalue weighted by atomic mass is 16.5. The summed E-state index contributed by atoms with van der Waals surface area (Å²) in [5, 5.41) is 0. The Balaban J connectivity index is 3.93. The van der Waals surface area contributed by atoms with Crippen LogP contribution in [0.4, 0.5) is 0 Å². The van der Waals surface area contributed by atoms with Gasteiger partial charge < -0.3 is 4.74 Å². The van der Waals surface area contributed by atoms with E-state index in [-0.39, 0.29) is 12.1 Å². The van der Waals surface area contributed by atoms with Crippen molar-refractivity contribution in [3.05, 3.63) is 24.8 Å². The third-order valence-corrected chi connectivity index (χ3v) is 2.80. The molecule has 0 aliphatic carbocycles. The van der Waals surface area contributed by atoms with Crippen molar-refractivity contribution in [2.24, 2.45) is 0 Å². The van der Waals surface area contributed by atoms with Gasteiger partial charge in [0.05, 0.1) is 0 Å². The average Bonchev–Trinajstić information content (AvgIpc) is 2.35. The van der Waals surface area contributed by atoms with Crippen LogP contribution in [0.1, 0.15) is 65.2 Å². The number of unbranched alkanes of at least 4 members (excludes halogenated alkanes) is 2. The Labute approximate surface area is 112 Å². The van der Waals surface area contributed by atoms with E-state index in [1.54, 1.807) is 6.08 Å². The molecule has 0 saturated heterocycles. The third kappa shape index (κ3) is 10.1. The van der Waals surface area contributed by atoms with Gasteiger partial charge in [0, 0.05) is 6.42 Å². The summed E-state index contributed by atoms with van der Waals surface area (Å²) in [6.07, 6.45) is 13.7. The van der Waals surface area contributed by atoms with E-state index in [4.69, 9.17) is 4.74 Å². The van der Waals surface area contributed by atoms with Crippen LogP contribution in [0.3, 0.4) is 0 Å². The minimum absolute atomic E-state index is 0.0414. The fourth-order valence-corrected chi connectivity index (χ4v) is 1.80. The van der Waals surface area contributed by atoms with Crippen LogP contribution in [0.2, 0.25) is 0 Å². The van der Waals surface area contributed by atoms with E-state index < -0.39 is 0 Å². The normalized spacial score (nSPS) is 12.6. The van der Waals surface area contributed by atoms with Gasteiger partial charge in [0.25, 0.3) is 0 Å². The van der Waals surface area contributed by atoms with Gasteiger partial charge in [0.1, 0.15) is 6.10 Å². The predicted molar refractivity (Wildman–Crippen MR) is 77.5 cm³/mol. The van der Waals surface area contributed by atoms with Gasteiger partial charge in [0.15, 0.2) is 0 Å². The molecule has 0 heterocycles. The molecular weight excluding hydrogens is 224 g/mol. The Morgan fingerprint density at radius 2 is 1.94 bits per heavy atom. The summed E-state index contributed by atoms with van der Waals surface area (Å²) in [4.78, 5) is 11.5. The van der Waals surface area contributed by atoms with E-state index in [9.17, 15) is 4.79 Å². The molecule has 0 amide bonds. The molecule has 0 aromatic rings. The Morgan fingerprint density at radius 1 is 1.22 bits per heavy atom. The molecule has 0 spiro atoms. The minimum atomic E-state index is -0.0414. The lowest BCUT2D eigenvalue weighted by Crippen LogP contribution is -2.18. The molecule has 2 heteroatoms. The standard InChI is InChI=1S/C16H28O2/c1-4-7-9-10-11-14-15(13-8-5-2)18-16(17)12-6-3/h4,7,9,15H,1,5-6,8,10-14H2,2-3H3. The second-order valence-corrected chi connectivity index (χ2v) is 4.60. The largest absolute Gasteiger partial charge is 0.462 e. The monoisotopic (exact) mass is 252 g/mol. The Kier molecular flexibility index (Phi) is 11.7. The Hall–Kier alpha value is -1.05. The smallest absolute Gasteiger partial charge is 0.306 e. The average molecular weight is 252 g/mol. The van der Waals surface area contributed by atoms with Crippen LogP contribution in [0.15, 0.2) is 24.8 Å². The van der Waals surface area contributed by atoms with Crippen molar-refractivity contribution in [3.8, 4) is 0 Å². The van der Waals surface area contributed by atoms with Gasteiger partial charge in [-0.1, -0.05) is 51.5 Å². The van der Waals surface area contributed by atoms with Crippen molar-refractivity contribution in [2.45, 2.75) is 71.3 Å². The molecule has 1 unspecified atom stereocenters. The molecule has 18 heavy (non-hydrogen) atoms. The van der Waals surface area contributed by atoms with E-state index in [1.165, 1.54) is 0 Å². The maximum atomic E-state index is 11.5. The van der Waals surface area contributed by atoms with Crippen molar-refractivity contribution in [1.82, 2.24) is 0 Å².